The van der Waals surface area contributed by atoms with Crippen molar-refractivity contribution in [1.29, 1.82) is 0 Å². The van der Waals surface area contributed by atoms with Crippen molar-refractivity contribution in [2.45, 2.75) is 33.1 Å². The summed E-state index contributed by atoms with van der Waals surface area (Å²) in [5.74, 6) is 1.98. The predicted molar refractivity (Wildman–Crippen MR) is 72.4 cm³/mol. The van der Waals surface area contributed by atoms with Crippen LogP contribution in [0.25, 0.3) is 0 Å². The SMILES string of the molecule is Cc1c(O[Si](C)(C)C)ccc2c1OCCNC2. The molecule has 1 aliphatic heterocycles. The Bertz CT molecular complexity index is 413. The van der Waals surface area contributed by atoms with Crippen LogP contribution in [-0.2, 0) is 6.54 Å². The minimum atomic E-state index is -1.56. The van der Waals surface area contributed by atoms with Crippen molar-refractivity contribution in [2.24, 2.45) is 0 Å². The molecular formula is C13H21NO2Si. The maximum atomic E-state index is 6.08. The molecule has 17 heavy (non-hydrogen) atoms. The maximum Gasteiger partial charge on any atom is 0.242 e. The molecule has 0 spiro atoms. The molecule has 1 aliphatic rings. The van der Waals surface area contributed by atoms with Crippen molar-refractivity contribution in [2.75, 3.05) is 13.2 Å². The normalized spacial score (nSPS) is 15.8. The summed E-state index contributed by atoms with van der Waals surface area (Å²) < 4.78 is 11.9. The highest BCUT2D eigenvalue weighted by Gasteiger charge is 2.20. The van der Waals surface area contributed by atoms with E-state index in [1.54, 1.807) is 0 Å². The topological polar surface area (TPSA) is 30.5 Å². The Labute approximate surface area is 104 Å². The lowest BCUT2D eigenvalue weighted by molar-refractivity contribution is 0.322. The fourth-order valence-electron chi connectivity index (χ4n) is 1.96. The van der Waals surface area contributed by atoms with E-state index in [-0.39, 0.29) is 0 Å². The van der Waals surface area contributed by atoms with E-state index in [4.69, 9.17) is 9.16 Å². The fourth-order valence-corrected chi connectivity index (χ4v) is 2.84. The maximum absolute atomic E-state index is 6.08. The van der Waals surface area contributed by atoms with Crippen LogP contribution in [-0.4, -0.2) is 21.5 Å². The highest BCUT2D eigenvalue weighted by molar-refractivity contribution is 6.70. The van der Waals surface area contributed by atoms with Gasteiger partial charge < -0.3 is 14.5 Å². The zero-order valence-corrected chi connectivity index (χ0v) is 12.1. The minimum absolute atomic E-state index is 0.726. The number of nitrogens with one attached hydrogen (secondary N) is 1. The van der Waals surface area contributed by atoms with Crippen molar-refractivity contribution >= 4 is 8.32 Å². The van der Waals surface area contributed by atoms with Crippen molar-refractivity contribution in [3.05, 3.63) is 23.3 Å². The number of benzene rings is 1. The van der Waals surface area contributed by atoms with E-state index in [1.807, 2.05) is 0 Å². The lowest BCUT2D eigenvalue weighted by Crippen LogP contribution is -2.29. The van der Waals surface area contributed by atoms with E-state index < -0.39 is 8.32 Å². The Morgan fingerprint density at radius 1 is 1.29 bits per heavy atom. The van der Waals surface area contributed by atoms with Gasteiger partial charge in [-0.15, -0.1) is 0 Å². The van der Waals surface area contributed by atoms with Crippen molar-refractivity contribution in [1.82, 2.24) is 5.32 Å². The first kappa shape index (κ1) is 12.5. The summed E-state index contributed by atoms with van der Waals surface area (Å²) in [4.78, 5) is 0. The van der Waals surface area contributed by atoms with Gasteiger partial charge in [-0.2, -0.15) is 0 Å². The third-order valence-corrected chi connectivity index (χ3v) is 3.53. The van der Waals surface area contributed by atoms with Gasteiger partial charge in [-0.25, -0.2) is 0 Å². The van der Waals surface area contributed by atoms with Gasteiger partial charge in [0.15, 0.2) is 0 Å². The van der Waals surface area contributed by atoms with Crippen LogP contribution in [0.4, 0.5) is 0 Å². The van der Waals surface area contributed by atoms with Crippen LogP contribution >= 0.6 is 0 Å². The zero-order chi connectivity index (χ0) is 12.5. The number of hydrogen-bond donors (Lipinski definition) is 1. The molecule has 4 heteroatoms. The number of rotatable bonds is 2. The number of hydrogen-bond acceptors (Lipinski definition) is 3. The van der Waals surface area contributed by atoms with Crippen molar-refractivity contribution in [3.63, 3.8) is 0 Å². The van der Waals surface area contributed by atoms with Gasteiger partial charge in [0.05, 0.1) is 0 Å². The summed E-state index contributed by atoms with van der Waals surface area (Å²) in [5.41, 5.74) is 2.36. The minimum Gasteiger partial charge on any atom is -0.544 e. The Hall–Kier alpha value is -1.00. The molecule has 3 nitrogen and oxygen atoms in total. The summed E-state index contributed by atoms with van der Waals surface area (Å²) in [6, 6.07) is 4.18. The van der Waals surface area contributed by atoms with Crippen molar-refractivity contribution in [3.8, 4) is 11.5 Å². The summed E-state index contributed by atoms with van der Waals surface area (Å²) >= 11 is 0. The molecule has 0 amide bonds. The average Bonchev–Trinajstić information content (AvgIpc) is 2.46. The summed E-state index contributed by atoms with van der Waals surface area (Å²) in [5, 5.41) is 3.34. The molecule has 1 aromatic carbocycles. The predicted octanol–water partition coefficient (Wildman–Crippen LogP) is 2.69. The molecule has 0 saturated carbocycles. The lowest BCUT2D eigenvalue weighted by atomic mass is 10.1. The van der Waals surface area contributed by atoms with Crippen LogP contribution in [0.15, 0.2) is 12.1 Å². The van der Waals surface area contributed by atoms with Gasteiger partial charge in [0.1, 0.15) is 18.1 Å². The molecular weight excluding hydrogens is 230 g/mol. The quantitative estimate of drug-likeness (QED) is 0.820. The summed E-state index contributed by atoms with van der Waals surface area (Å²) in [6.45, 7) is 11.2. The lowest BCUT2D eigenvalue weighted by Gasteiger charge is -2.22. The van der Waals surface area contributed by atoms with Crippen LogP contribution < -0.4 is 14.5 Å². The second kappa shape index (κ2) is 4.70. The number of ether oxygens (including phenoxy) is 1. The van der Waals surface area contributed by atoms with Gasteiger partial charge in [-0.05, 0) is 32.6 Å². The average molecular weight is 251 g/mol. The Balaban J connectivity index is 2.34. The second-order valence-corrected chi connectivity index (χ2v) is 9.85. The third-order valence-electron chi connectivity index (χ3n) is 2.69. The van der Waals surface area contributed by atoms with Gasteiger partial charge in [0.2, 0.25) is 8.32 Å². The molecule has 0 fully saturated rings. The molecule has 0 saturated heterocycles. The molecule has 1 aromatic rings. The van der Waals surface area contributed by atoms with Gasteiger partial charge in [-0.3, -0.25) is 0 Å². The smallest absolute Gasteiger partial charge is 0.242 e. The van der Waals surface area contributed by atoms with Crippen LogP contribution in [0.3, 0.4) is 0 Å². The molecule has 0 aromatic heterocycles. The van der Waals surface area contributed by atoms with Crippen LogP contribution in [0.5, 0.6) is 11.5 Å². The van der Waals surface area contributed by atoms with Gasteiger partial charge in [-0.1, -0.05) is 6.07 Å². The van der Waals surface area contributed by atoms with Crippen LogP contribution in [0.1, 0.15) is 11.1 Å². The Morgan fingerprint density at radius 3 is 2.76 bits per heavy atom. The summed E-state index contributed by atoms with van der Waals surface area (Å²) in [7, 11) is -1.56. The van der Waals surface area contributed by atoms with Gasteiger partial charge in [0.25, 0.3) is 0 Å². The van der Waals surface area contributed by atoms with Crippen LogP contribution in [0, 0.1) is 6.92 Å². The van der Waals surface area contributed by atoms with E-state index in [0.29, 0.717) is 0 Å². The zero-order valence-electron chi connectivity index (χ0n) is 11.1. The van der Waals surface area contributed by atoms with E-state index in [9.17, 15) is 0 Å². The summed E-state index contributed by atoms with van der Waals surface area (Å²) in [6.07, 6.45) is 0. The highest BCUT2D eigenvalue weighted by Crippen LogP contribution is 2.33. The van der Waals surface area contributed by atoms with E-state index >= 15 is 0 Å². The monoisotopic (exact) mass is 251 g/mol. The molecule has 1 N–H and O–H groups in total. The Kier molecular flexibility index (Phi) is 3.44. The molecule has 94 valence electrons. The molecule has 0 atom stereocenters. The first-order chi connectivity index (χ1) is 7.97. The van der Waals surface area contributed by atoms with Crippen molar-refractivity contribution < 1.29 is 9.16 Å². The molecule has 1 heterocycles. The number of fused-ring (bicyclic) bond motifs is 1. The standard InChI is InChI=1S/C13H21NO2Si/c1-10-12(16-17(2,3)4)6-5-11-9-14-7-8-15-13(10)11/h5-6,14H,7-9H2,1-4H3. The fraction of sp³-hybridized carbons (Fsp3) is 0.538. The Morgan fingerprint density at radius 2 is 2.06 bits per heavy atom. The molecule has 2 rings (SSSR count). The molecule has 0 bridgehead atoms. The highest BCUT2D eigenvalue weighted by atomic mass is 28.4. The largest absolute Gasteiger partial charge is 0.544 e. The van der Waals surface area contributed by atoms with Gasteiger partial charge in [0, 0.05) is 24.2 Å². The van der Waals surface area contributed by atoms with Crippen LogP contribution in [0.2, 0.25) is 19.6 Å². The molecule has 0 unspecified atom stereocenters. The van der Waals surface area contributed by atoms with Gasteiger partial charge >= 0.3 is 0 Å². The van der Waals surface area contributed by atoms with E-state index in [1.165, 1.54) is 5.56 Å². The van der Waals surface area contributed by atoms with E-state index in [0.717, 1.165) is 36.8 Å². The third kappa shape index (κ3) is 3.01. The first-order valence-electron chi connectivity index (χ1n) is 6.12. The molecule has 0 radical (unpaired) electrons. The second-order valence-electron chi connectivity index (χ2n) is 5.42. The molecule has 0 aliphatic carbocycles. The van der Waals surface area contributed by atoms with E-state index in [2.05, 4.69) is 44.0 Å². The first-order valence-corrected chi connectivity index (χ1v) is 9.53.